The molecule has 1 aliphatic heterocycles. The fourth-order valence-corrected chi connectivity index (χ4v) is 3.41. The van der Waals surface area contributed by atoms with Gasteiger partial charge in [0.15, 0.2) is 5.82 Å². The van der Waals surface area contributed by atoms with Gasteiger partial charge in [-0.05, 0) is 41.3 Å². The van der Waals surface area contributed by atoms with Crippen LogP contribution in [0.25, 0.3) is 0 Å². The maximum Gasteiger partial charge on any atom is 0.150 e. The molecule has 20 heavy (non-hydrogen) atoms. The van der Waals surface area contributed by atoms with Gasteiger partial charge >= 0.3 is 0 Å². The summed E-state index contributed by atoms with van der Waals surface area (Å²) in [5, 5.41) is 3.50. The maximum absolute atomic E-state index is 14.1. The lowest BCUT2D eigenvalue weighted by Gasteiger charge is -2.41. The largest absolute Gasteiger partial charge is 0.363 e. The average molecular weight is 347 g/mol. The Morgan fingerprint density at radius 2 is 2.10 bits per heavy atom. The summed E-state index contributed by atoms with van der Waals surface area (Å²) < 4.78 is 27.8. The highest BCUT2D eigenvalue weighted by Crippen LogP contribution is 2.33. The number of piperazine rings is 1. The van der Waals surface area contributed by atoms with E-state index in [0.717, 1.165) is 25.6 Å². The number of nitrogens with one attached hydrogen (secondary N) is 1. The fraction of sp³-hybridized carbons (Fsp3) is 0.600. The van der Waals surface area contributed by atoms with Crippen LogP contribution in [-0.4, -0.2) is 25.2 Å². The predicted octanol–water partition coefficient (Wildman–Crippen LogP) is 3.94. The molecule has 2 rings (SSSR count). The van der Waals surface area contributed by atoms with Gasteiger partial charge in [0.25, 0.3) is 0 Å². The lowest BCUT2D eigenvalue weighted by atomic mass is 9.99. The van der Waals surface area contributed by atoms with E-state index in [2.05, 4.69) is 35.1 Å². The topological polar surface area (TPSA) is 15.3 Å². The molecule has 0 saturated carbocycles. The van der Waals surface area contributed by atoms with Gasteiger partial charge in [0.2, 0.25) is 0 Å². The number of nitrogens with zero attached hydrogens (tertiary/aromatic N) is 1. The van der Waals surface area contributed by atoms with Crippen molar-refractivity contribution in [1.29, 1.82) is 0 Å². The highest BCUT2D eigenvalue weighted by Gasteiger charge is 2.28. The molecule has 1 heterocycles. The molecular weight excluding hydrogens is 326 g/mol. The van der Waals surface area contributed by atoms with Crippen molar-refractivity contribution in [2.75, 3.05) is 18.0 Å². The molecule has 0 aromatic heterocycles. The molecule has 112 valence electrons. The Morgan fingerprint density at radius 3 is 2.70 bits per heavy atom. The Labute approximate surface area is 127 Å². The first kappa shape index (κ1) is 15.7. The molecule has 0 radical (unpaired) electrons. The molecular formula is C15H21BrF2N2. The van der Waals surface area contributed by atoms with Crippen LogP contribution in [0.2, 0.25) is 0 Å². The highest BCUT2D eigenvalue weighted by atomic mass is 79.9. The van der Waals surface area contributed by atoms with Crippen molar-refractivity contribution >= 4 is 21.6 Å². The van der Waals surface area contributed by atoms with E-state index in [1.165, 1.54) is 6.07 Å². The molecule has 1 aliphatic rings. The van der Waals surface area contributed by atoms with Gasteiger partial charge < -0.3 is 10.2 Å². The van der Waals surface area contributed by atoms with E-state index >= 15 is 0 Å². The second kappa shape index (κ2) is 6.39. The van der Waals surface area contributed by atoms with Crippen molar-refractivity contribution in [3.63, 3.8) is 0 Å². The van der Waals surface area contributed by atoms with E-state index in [9.17, 15) is 8.78 Å². The molecule has 1 aromatic carbocycles. The maximum atomic E-state index is 14.1. The predicted molar refractivity (Wildman–Crippen MR) is 82.1 cm³/mol. The SMILES string of the molecule is CC(C)CC1CN(c2c(F)cc(F)cc2Br)C(C)CN1. The summed E-state index contributed by atoms with van der Waals surface area (Å²) in [4.78, 5) is 2.03. The van der Waals surface area contributed by atoms with Crippen LogP contribution in [0, 0.1) is 17.6 Å². The zero-order chi connectivity index (χ0) is 14.9. The molecule has 0 bridgehead atoms. The lowest BCUT2D eigenvalue weighted by Crippen LogP contribution is -2.56. The third-order valence-corrected chi connectivity index (χ3v) is 4.28. The third-order valence-electron chi connectivity index (χ3n) is 3.68. The normalized spacial score (nSPS) is 23.4. The van der Waals surface area contributed by atoms with Crippen LogP contribution in [0.5, 0.6) is 0 Å². The number of rotatable bonds is 3. The molecule has 1 aromatic rings. The van der Waals surface area contributed by atoms with E-state index in [-0.39, 0.29) is 6.04 Å². The van der Waals surface area contributed by atoms with Gasteiger partial charge in [-0.25, -0.2) is 8.78 Å². The molecule has 0 aliphatic carbocycles. The minimum Gasteiger partial charge on any atom is -0.363 e. The third kappa shape index (κ3) is 3.50. The number of hydrogen-bond acceptors (Lipinski definition) is 2. The number of anilines is 1. The van der Waals surface area contributed by atoms with Crippen molar-refractivity contribution in [1.82, 2.24) is 5.32 Å². The molecule has 0 spiro atoms. The van der Waals surface area contributed by atoms with Crippen LogP contribution in [0.4, 0.5) is 14.5 Å². The zero-order valence-electron chi connectivity index (χ0n) is 12.1. The summed E-state index contributed by atoms with van der Waals surface area (Å²) in [5.41, 5.74) is 0.467. The minimum absolute atomic E-state index is 0.176. The van der Waals surface area contributed by atoms with Crippen molar-refractivity contribution in [3.8, 4) is 0 Å². The molecule has 1 fully saturated rings. The Morgan fingerprint density at radius 1 is 1.40 bits per heavy atom. The van der Waals surface area contributed by atoms with Gasteiger partial charge in [-0.3, -0.25) is 0 Å². The standard InChI is InChI=1S/C15H21BrF2N2/c1-9(2)4-12-8-20(10(3)7-19-12)15-13(16)5-11(17)6-14(15)18/h5-6,9-10,12,19H,4,7-8H2,1-3H3. The Bertz CT molecular complexity index is 456. The lowest BCUT2D eigenvalue weighted by molar-refractivity contribution is 0.353. The van der Waals surface area contributed by atoms with Crippen LogP contribution in [-0.2, 0) is 0 Å². The molecule has 1 saturated heterocycles. The van der Waals surface area contributed by atoms with E-state index in [1.807, 2.05) is 11.8 Å². The van der Waals surface area contributed by atoms with Crippen molar-refractivity contribution in [2.24, 2.45) is 5.92 Å². The number of benzene rings is 1. The van der Waals surface area contributed by atoms with Gasteiger partial charge in [0.1, 0.15) is 5.82 Å². The van der Waals surface area contributed by atoms with E-state index in [4.69, 9.17) is 0 Å². The second-order valence-electron chi connectivity index (χ2n) is 5.95. The first-order chi connectivity index (χ1) is 9.38. The molecule has 2 nitrogen and oxygen atoms in total. The minimum atomic E-state index is -0.556. The summed E-state index contributed by atoms with van der Waals surface area (Å²) in [6.07, 6.45) is 1.05. The van der Waals surface area contributed by atoms with Crippen LogP contribution < -0.4 is 10.2 Å². The molecule has 2 atom stereocenters. The van der Waals surface area contributed by atoms with Crippen molar-refractivity contribution in [3.05, 3.63) is 28.2 Å². The van der Waals surface area contributed by atoms with Gasteiger partial charge in [0, 0.05) is 35.7 Å². The van der Waals surface area contributed by atoms with Crippen LogP contribution in [0.3, 0.4) is 0 Å². The highest BCUT2D eigenvalue weighted by molar-refractivity contribution is 9.10. The van der Waals surface area contributed by atoms with Gasteiger partial charge in [-0.15, -0.1) is 0 Å². The molecule has 5 heteroatoms. The molecule has 2 unspecified atom stereocenters. The first-order valence-corrected chi connectivity index (χ1v) is 7.82. The number of hydrogen-bond donors (Lipinski definition) is 1. The van der Waals surface area contributed by atoms with Crippen molar-refractivity contribution in [2.45, 2.75) is 39.3 Å². The summed E-state index contributed by atoms with van der Waals surface area (Å²) in [6.45, 7) is 7.95. The van der Waals surface area contributed by atoms with E-state index in [0.29, 0.717) is 22.1 Å². The Kier molecular flexibility index (Phi) is 5.02. The van der Waals surface area contributed by atoms with Gasteiger partial charge in [-0.1, -0.05) is 13.8 Å². The molecule has 1 N–H and O–H groups in total. The van der Waals surface area contributed by atoms with E-state index < -0.39 is 11.6 Å². The summed E-state index contributed by atoms with van der Waals surface area (Å²) >= 11 is 3.29. The smallest absolute Gasteiger partial charge is 0.150 e. The summed E-state index contributed by atoms with van der Waals surface area (Å²) in [6, 6.07) is 2.79. The Balaban J connectivity index is 2.25. The first-order valence-electron chi connectivity index (χ1n) is 7.03. The van der Waals surface area contributed by atoms with Gasteiger partial charge in [0.05, 0.1) is 5.69 Å². The fourth-order valence-electron chi connectivity index (χ4n) is 2.78. The summed E-state index contributed by atoms with van der Waals surface area (Å²) in [5.74, 6) is -0.474. The average Bonchev–Trinajstić information content (AvgIpc) is 2.31. The Hall–Kier alpha value is -0.680. The van der Waals surface area contributed by atoms with Crippen molar-refractivity contribution < 1.29 is 8.78 Å². The monoisotopic (exact) mass is 346 g/mol. The molecule has 0 amide bonds. The zero-order valence-corrected chi connectivity index (χ0v) is 13.7. The van der Waals surface area contributed by atoms with Crippen LogP contribution >= 0.6 is 15.9 Å². The van der Waals surface area contributed by atoms with Gasteiger partial charge in [-0.2, -0.15) is 0 Å². The van der Waals surface area contributed by atoms with Crippen LogP contribution in [0.15, 0.2) is 16.6 Å². The number of halogens is 3. The van der Waals surface area contributed by atoms with E-state index in [1.54, 1.807) is 0 Å². The quantitative estimate of drug-likeness (QED) is 0.891. The summed E-state index contributed by atoms with van der Waals surface area (Å²) in [7, 11) is 0. The van der Waals surface area contributed by atoms with Crippen LogP contribution in [0.1, 0.15) is 27.2 Å². The second-order valence-corrected chi connectivity index (χ2v) is 6.81.